The van der Waals surface area contributed by atoms with E-state index in [1.165, 1.54) is 5.56 Å². The quantitative estimate of drug-likeness (QED) is 0.601. The second-order valence-corrected chi connectivity index (χ2v) is 7.71. The fourth-order valence-electron chi connectivity index (χ4n) is 3.83. The van der Waals surface area contributed by atoms with Crippen LogP contribution < -0.4 is 20.4 Å². The molecule has 0 spiro atoms. The molecule has 2 heterocycles. The lowest BCUT2D eigenvalue weighted by Crippen LogP contribution is -2.41. The van der Waals surface area contributed by atoms with Crippen molar-refractivity contribution >= 4 is 28.9 Å². The number of fused-ring (bicyclic) bond motifs is 1. The van der Waals surface area contributed by atoms with Crippen molar-refractivity contribution in [1.29, 1.82) is 0 Å². The van der Waals surface area contributed by atoms with Crippen LogP contribution in [0.25, 0.3) is 0 Å². The van der Waals surface area contributed by atoms with Crippen LogP contribution in [0.2, 0.25) is 0 Å². The highest BCUT2D eigenvalue weighted by Gasteiger charge is 2.29. The molecule has 2 aromatic carbocycles. The van der Waals surface area contributed by atoms with Gasteiger partial charge in [-0.25, -0.2) is 0 Å². The molecule has 160 valence electrons. The maximum Gasteiger partial charge on any atom is 0.313 e. The molecule has 2 N–H and O–H groups in total. The molecule has 1 aliphatic rings. The van der Waals surface area contributed by atoms with E-state index in [1.54, 1.807) is 18.4 Å². The standard InChI is InChI=1S/C24H26N4O3/c1-27(2)19-11-9-18(10-12-19)26-24(30)23(29)25-16-21(22-8-5-15-31-22)28-14-13-17-6-3-4-7-20(17)28/h3-12,15,21H,13-14,16H2,1-2H3,(H,25,29)(H,26,30). The summed E-state index contributed by atoms with van der Waals surface area (Å²) in [5.74, 6) is -0.630. The predicted octanol–water partition coefficient (Wildman–Crippen LogP) is 3.20. The minimum Gasteiger partial charge on any atom is -0.467 e. The summed E-state index contributed by atoms with van der Waals surface area (Å²) >= 11 is 0. The normalized spacial score (nSPS) is 13.4. The van der Waals surface area contributed by atoms with E-state index in [1.807, 2.05) is 55.4 Å². The van der Waals surface area contributed by atoms with Gasteiger partial charge in [0.25, 0.3) is 0 Å². The highest BCUT2D eigenvalue weighted by atomic mass is 16.3. The monoisotopic (exact) mass is 418 g/mol. The number of benzene rings is 2. The van der Waals surface area contributed by atoms with E-state index in [0.717, 1.165) is 30.1 Å². The number of carbonyl (C=O) groups is 2. The third-order valence-corrected chi connectivity index (χ3v) is 5.47. The zero-order valence-corrected chi connectivity index (χ0v) is 17.7. The van der Waals surface area contributed by atoms with Gasteiger partial charge >= 0.3 is 11.8 Å². The van der Waals surface area contributed by atoms with Crippen LogP contribution in [-0.4, -0.2) is 39.0 Å². The topological polar surface area (TPSA) is 77.8 Å². The maximum absolute atomic E-state index is 12.5. The zero-order chi connectivity index (χ0) is 21.8. The summed E-state index contributed by atoms with van der Waals surface area (Å²) in [5, 5.41) is 5.41. The highest BCUT2D eigenvalue weighted by molar-refractivity contribution is 6.39. The Morgan fingerprint density at radius 2 is 1.81 bits per heavy atom. The van der Waals surface area contributed by atoms with Gasteiger partial charge < -0.3 is 24.9 Å². The molecule has 1 aromatic heterocycles. The van der Waals surface area contributed by atoms with Gasteiger partial charge in [-0.1, -0.05) is 18.2 Å². The molecule has 31 heavy (non-hydrogen) atoms. The second kappa shape index (κ2) is 8.95. The van der Waals surface area contributed by atoms with Crippen molar-refractivity contribution < 1.29 is 14.0 Å². The maximum atomic E-state index is 12.5. The summed E-state index contributed by atoms with van der Waals surface area (Å²) < 4.78 is 5.64. The van der Waals surface area contributed by atoms with Crippen molar-refractivity contribution in [3.8, 4) is 0 Å². The molecule has 0 aliphatic carbocycles. The second-order valence-electron chi connectivity index (χ2n) is 7.71. The van der Waals surface area contributed by atoms with Crippen LogP contribution in [0, 0.1) is 0 Å². The first-order chi connectivity index (χ1) is 15.0. The van der Waals surface area contributed by atoms with E-state index in [9.17, 15) is 9.59 Å². The van der Waals surface area contributed by atoms with Crippen molar-refractivity contribution in [3.63, 3.8) is 0 Å². The third kappa shape index (κ3) is 4.55. The van der Waals surface area contributed by atoms with E-state index < -0.39 is 11.8 Å². The van der Waals surface area contributed by atoms with Crippen molar-refractivity contribution in [2.75, 3.05) is 42.3 Å². The van der Waals surface area contributed by atoms with Crippen molar-refractivity contribution in [1.82, 2.24) is 5.32 Å². The molecule has 1 unspecified atom stereocenters. The Morgan fingerprint density at radius 3 is 2.52 bits per heavy atom. The number of para-hydroxylation sites is 1. The fraction of sp³-hybridized carbons (Fsp3) is 0.250. The van der Waals surface area contributed by atoms with Gasteiger partial charge in [-0.15, -0.1) is 0 Å². The number of carbonyl (C=O) groups excluding carboxylic acids is 2. The number of rotatable bonds is 6. The van der Waals surface area contributed by atoms with E-state index in [2.05, 4.69) is 27.7 Å². The minimum atomic E-state index is -0.697. The van der Waals surface area contributed by atoms with Crippen LogP contribution in [0.3, 0.4) is 0 Å². The number of nitrogens with one attached hydrogen (secondary N) is 2. The highest BCUT2D eigenvalue weighted by Crippen LogP contribution is 2.34. The smallest absolute Gasteiger partial charge is 0.313 e. The van der Waals surface area contributed by atoms with Crippen LogP contribution in [0.4, 0.5) is 17.1 Å². The summed E-state index contributed by atoms with van der Waals surface area (Å²) in [7, 11) is 3.88. The number of hydrogen-bond acceptors (Lipinski definition) is 5. The van der Waals surface area contributed by atoms with Crippen LogP contribution in [0.1, 0.15) is 17.4 Å². The van der Waals surface area contributed by atoms with E-state index >= 15 is 0 Å². The fourth-order valence-corrected chi connectivity index (χ4v) is 3.83. The third-order valence-electron chi connectivity index (χ3n) is 5.47. The van der Waals surface area contributed by atoms with E-state index in [-0.39, 0.29) is 12.6 Å². The average Bonchev–Trinajstić information content (AvgIpc) is 3.45. The van der Waals surface area contributed by atoms with E-state index in [0.29, 0.717) is 5.69 Å². The molecule has 7 nitrogen and oxygen atoms in total. The van der Waals surface area contributed by atoms with E-state index in [4.69, 9.17) is 4.42 Å². The van der Waals surface area contributed by atoms with Gasteiger partial charge in [-0.3, -0.25) is 9.59 Å². The number of hydrogen-bond donors (Lipinski definition) is 2. The largest absolute Gasteiger partial charge is 0.467 e. The lowest BCUT2D eigenvalue weighted by Gasteiger charge is -2.29. The van der Waals surface area contributed by atoms with Gasteiger partial charge in [0.2, 0.25) is 0 Å². The van der Waals surface area contributed by atoms with Gasteiger partial charge in [0.15, 0.2) is 0 Å². The van der Waals surface area contributed by atoms with Crippen LogP contribution in [0.5, 0.6) is 0 Å². The lowest BCUT2D eigenvalue weighted by molar-refractivity contribution is -0.136. The summed E-state index contributed by atoms with van der Waals surface area (Å²) in [6, 6.07) is 19.0. The Morgan fingerprint density at radius 1 is 1.03 bits per heavy atom. The molecule has 1 aliphatic heterocycles. The molecule has 7 heteroatoms. The molecule has 0 saturated heterocycles. The van der Waals surface area contributed by atoms with Crippen LogP contribution in [-0.2, 0) is 16.0 Å². The van der Waals surface area contributed by atoms with Crippen molar-refractivity contribution in [3.05, 3.63) is 78.3 Å². The average molecular weight is 418 g/mol. The molecule has 0 fully saturated rings. The van der Waals surface area contributed by atoms with Gasteiger partial charge in [-0.2, -0.15) is 0 Å². The zero-order valence-electron chi connectivity index (χ0n) is 17.7. The number of amides is 2. The first-order valence-corrected chi connectivity index (χ1v) is 10.3. The first kappa shape index (κ1) is 20.5. The molecule has 2 amide bonds. The minimum absolute atomic E-state index is 0.199. The lowest BCUT2D eigenvalue weighted by atomic mass is 10.1. The predicted molar refractivity (Wildman–Crippen MR) is 121 cm³/mol. The first-order valence-electron chi connectivity index (χ1n) is 10.3. The molecule has 1 atom stereocenters. The summed E-state index contributed by atoms with van der Waals surface area (Å²) in [6.45, 7) is 1.08. The van der Waals surface area contributed by atoms with Gasteiger partial charge in [0.05, 0.1) is 6.26 Å². The van der Waals surface area contributed by atoms with Crippen molar-refractivity contribution in [2.45, 2.75) is 12.5 Å². The molecular formula is C24H26N4O3. The van der Waals surface area contributed by atoms with Gasteiger partial charge in [-0.05, 0) is 54.4 Å². The summed E-state index contributed by atoms with van der Waals surface area (Å²) in [5.41, 5.74) is 3.98. The molecule has 3 aromatic rings. The van der Waals surface area contributed by atoms with Crippen LogP contribution >= 0.6 is 0 Å². The Balaban J connectivity index is 1.41. The molecule has 0 radical (unpaired) electrons. The Labute approximate surface area is 181 Å². The summed E-state index contributed by atoms with van der Waals surface area (Å²) in [4.78, 5) is 29.0. The van der Waals surface area contributed by atoms with Crippen LogP contribution in [0.15, 0.2) is 71.3 Å². The Kier molecular flexibility index (Phi) is 5.93. The molecule has 0 saturated carbocycles. The molecule has 0 bridgehead atoms. The van der Waals surface area contributed by atoms with Gasteiger partial charge in [0, 0.05) is 44.2 Å². The Bertz CT molecular complexity index is 1040. The molecule has 4 rings (SSSR count). The SMILES string of the molecule is CN(C)c1ccc(NC(=O)C(=O)NCC(c2ccco2)N2CCc3ccccc32)cc1. The number of anilines is 3. The Hall–Kier alpha value is -3.74. The number of furan rings is 1. The van der Waals surface area contributed by atoms with Gasteiger partial charge in [0.1, 0.15) is 11.8 Å². The number of nitrogens with zero attached hydrogens (tertiary/aromatic N) is 2. The summed E-state index contributed by atoms with van der Waals surface area (Å²) in [6.07, 6.45) is 2.56. The molecular weight excluding hydrogens is 392 g/mol. The van der Waals surface area contributed by atoms with Crippen molar-refractivity contribution in [2.24, 2.45) is 0 Å².